The quantitative estimate of drug-likeness (QED) is 0.556. The Bertz CT molecular complexity index is 207. The van der Waals surface area contributed by atoms with Crippen molar-refractivity contribution in [3.05, 3.63) is 0 Å². The van der Waals surface area contributed by atoms with Crippen LogP contribution in [0.15, 0.2) is 0 Å². The molecular formula is C9H15NO3. The van der Waals surface area contributed by atoms with Crippen LogP contribution in [0.5, 0.6) is 0 Å². The van der Waals surface area contributed by atoms with E-state index in [0.29, 0.717) is 13.1 Å². The molecule has 0 bridgehead atoms. The van der Waals surface area contributed by atoms with Crippen molar-refractivity contribution in [2.75, 3.05) is 20.2 Å². The number of hydrogen-bond donors (Lipinski definition) is 0. The van der Waals surface area contributed by atoms with Crippen molar-refractivity contribution in [1.29, 1.82) is 0 Å². The van der Waals surface area contributed by atoms with Gasteiger partial charge in [0.05, 0.1) is 13.0 Å². The second-order valence-electron chi connectivity index (χ2n) is 3.30. The maximum atomic E-state index is 11.1. The lowest BCUT2D eigenvalue weighted by atomic mass is 9.97. The molecule has 0 atom stereocenters. The second-order valence-corrected chi connectivity index (χ2v) is 3.30. The van der Waals surface area contributed by atoms with Crippen molar-refractivity contribution in [2.45, 2.75) is 19.8 Å². The van der Waals surface area contributed by atoms with E-state index in [1.165, 1.54) is 7.11 Å². The van der Waals surface area contributed by atoms with Crippen LogP contribution in [0.3, 0.4) is 0 Å². The molecule has 1 amide bonds. The number of nitrogens with zero attached hydrogens (tertiary/aromatic N) is 1. The molecule has 0 aliphatic carbocycles. The maximum absolute atomic E-state index is 11.1. The summed E-state index contributed by atoms with van der Waals surface area (Å²) in [5, 5.41) is 0. The summed E-state index contributed by atoms with van der Waals surface area (Å²) in [6.07, 6.45) is 1.46. The molecule has 0 saturated carbocycles. The molecule has 0 aromatic heterocycles. The van der Waals surface area contributed by atoms with Gasteiger partial charge in [0.25, 0.3) is 0 Å². The third kappa shape index (κ3) is 2.44. The molecule has 0 N–H and O–H groups in total. The maximum Gasteiger partial charge on any atom is 0.308 e. The molecule has 4 heteroatoms. The fraction of sp³-hybridized carbons (Fsp3) is 0.778. The zero-order valence-electron chi connectivity index (χ0n) is 8.08. The Morgan fingerprint density at radius 3 is 2.23 bits per heavy atom. The first-order chi connectivity index (χ1) is 6.15. The van der Waals surface area contributed by atoms with Gasteiger partial charge in [-0.1, -0.05) is 0 Å². The van der Waals surface area contributed by atoms with E-state index < -0.39 is 0 Å². The Morgan fingerprint density at radius 2 is 1.85 bits per heavy atom. The van der Waals surface area contributed by atoms with E-state index in [2.05, 4.69) is 4.74 Å². The molecule has 1 rings (SSSR count). The van der Waals surface area contributed by atoms with Crippen LogP contribution in [0.2, 0.25) is 0 Å². The van der Waals surface area contributed by atoms with Gasteiger partial charge in [-0.25, -0.2) is 0 Å². The summed E-state index contributed by atoms with van der Waals surface area (Å²) < 4.78 is 4.64. The highest BCUT2D eigenvalue weighted by molar-refractivity contribution is 5.75. The van der Waals surface area contributed by atoms with Gasteiger partial charge in [0.15, 0.2) is 0 Å². The zero-order chi connectivity index (χ0) is 9.84. The van der Waals surface area contributed by atoms with Crippen LogP contribution >= 0.6 is 0 Å². The molecule has 74 valence electrons. The number of carbonyl (C=O) groups is 2. The average molecular weight is 185 g/mol. The molecule has 0 unspecified atom stereocenters. The van der Waals surface area contributed by atoms with Gasteiger partial charge in [-0.3, -0.25) is 9.59 Å². The van der Waals surface area contributed by atoms with Crippen LogP contribution in [-0.2, 0) is 14.3 Å². The number of hydrogen-bond acceptors (Lipinski definition) is 3. The van der Waals surface area contributed by atoms with Gasteiger partial charge in [0.1, 0.15) is 0 Å². The van der Waals surface area contributed by atoms with Gasteiger partial charge in [0, 0.05) is 20.0 Å². The third-order valence-corrected chi connectivity index (χ3v) is 2.47. The highest BCUT2D eigenvalue weighted by atomic mass is 16.5. The normalized spacial score (nSPS) is 18.5. The summed E-state index contributed by atoms with van der Waals surface area (Å²) in [6, 6.07) is 0. The largest absolute Gasteiger partial charge is 0.469 e. The third-order valence-electron chi connectivity index (χ3n) is 2.47. The molecule has 1 heterocycles. The Balaban J connectivity index is 2.39. The van der Waals surface area contributed by atoms with Gasteiger partial charge in [-0.15, -0.1) is 0 Å². The minimum atomic E-state index is -0.150. The predicted octanol–water partition coefficient (Wildman–Crippen LogP) is 0.418. The van der Waals surface area contributed by atoms with Gasteiger partial charge in [0.2, 0.25) is 5.91 Å². The summed E-state index contributed by atoms with van der Waals surface area (Å²) in [7, 11) is 1.40. The molecule has 13 heavy (non-hydrogen) atoms. The van der Waals surface area contributed by atoms with Crippen molar-refractivity contribution >= 4 is 11.9 Å². The Kier molecular flexibility index (Phi) is 3.28. The van der Waals surface area contributed by atoms with E-state index in [0.717, 1.165) is 12.8 Å². The number of esters is 1. The van der Waals surface area contributed by atoms with Crippen molar-refractivity contribution in [1.82, 2.24) is 4.90 Å². The summed E-state index contributed by atoms with van der Waals surface area (Å²) in [5.74, 6) is -0.0767. The highest BCUT2D eigenvalue weighted by Gasteiger charge is 2.26. The topological polar surface area (TPSA) is 46.6 Å². The number of amides is 1. The molecule has 1 saturated heterocycles. The van der Waals surface area contributed by atoms with Crippen LogP contribution in [-0.4, -0.2) is 37.0 Å². The summed E-state index contributed by atoms with van der Waals surface area (Å²) in [4.78, 5) is 23.8. The molecule has 4 nitrogen and oxygen atoms in total. The molecule has 0 radical (unpaired) electrons. The molecule has 1 aliphatic rings. The summed E-state index contributed by atoms with van der Waals surface area (Å²) in [5.41, 5.74) is 0. The Hall–Kier alpha value is -1.06. The fourth-order valence-corrected chi connectivity index (χ4v) is 1.60. The molecular weight excluding hydrogens is 170 g/mol. The van der Waals surface area contributed by atoms with Gasteiger partial charge < -0.3 is 9.64 Å². The predicted molar refractivity (Wildman–Crippen MR) is 47.0 cm³/mol. The second kappa shape index (κ2) is 4.25. The smallest absolute Gasteiger partial charge is 0.308 e. The first-order valence-electron chi connectivity index (χ1n) is 4.48. The number of likely N-dealkylation sites (tertiary alicyclic amines) is 1. The van der Waals surface area contributed by atoms with Crippen LogP contribution in [0.25, 0.3) is 0 Å². The number of ether oxygens (including phenoxy) is 1. The first-order valence-corrected chi connectivity index (χ1v) is 4.48. The first kappa shape index (κ1) is 10.0. The van der Waals surface area contributed by atoms with E-state index in [1.54, 1.807) is 11.8 Å². The SMILES string of the molecule is COC(=O)C1CCN(C(C)=O)CC1. The Labute approximate surface area is 77.8 Å². The van der Waals surface area contributed by atoms with Crippen molar-refractivity contribution in [3.8, 4) is 0 Å². The lowest BCUT2D eigenvalue weighted by Gasteiger charge is -2.29. The number of carbonyl (C=O) groups excluding carboxylic acids is 2. The van der Waals surface area contributed by atoms with Gasteiger partial charge >= 0.3 is 5.97 Å². The number of piperidine rings is 1. The molecule has 0 aromatic carbocycles. The number of rotatable bonds is 1. The average Bonchev–Trinajstić information content (AvgIpc) is 2.17. The number of methoxy groups -OCH3 is 1. The van der Waals surface area contributed by atoms with Crippen molar-refractivity contribution in [3.63, 3.8) is 0 Å². The van der Waals surface area contributed by atoms with Crippen molar-refractivity contribution < 1.29 is 14.3 Å². The van der Waals surface area contributed by atoms with Crippen LogP contribution in [0, 0.1) is 5.92 Å². The summed E-state index contributed by atoms with van der Waals surface area (Å²) in [6.45, 7) is 2.91. The van der Waals surface area contributed by atoms with Crippen LogP contribution < -0.4 is 0 Å². The van der Waals surface area contributed by atoms with E-state index in [-0.39, 0.29) is 17.8 Å². The molecule has 1 aliphatic heterocycles. The Morgan fingerprint density at radius 1 is 1.31 bits per heavy atom. The van der Waals surface area contributed by atoms with E-state index >= 15 is 0 Å². The van der Waals surface area contributed by atoms with Gasteiger partial charge in [-0.2, -0.15) is 0 Å². The fourth-order valence-electron chi connectivity index (χ4n) is 1.60. The zero-order valence-corrected chi connectivity index (χ0v) is 8.08. The minimum Gasteiger partial charge on any atom is -0.469 e. The van der Waals surface area contributed by atoms with E-state index in [1.807, 2.05) is 0 Å². The lowest BCUT2D eigenvalue weighted by Crippen LogP contribution is -2.39. The van der Waals surface area contributed by atoms with Crippen LogP contribution in [0.1, 0.15) is 19.8 Å². The highest BCUT2D eigenvalue weighted by Crippen LogP contribution is 2.18. The monoisotopic (exact) mass is 185 g/mol. The molecule has 1 fully saturated rings. The minimum absolute atomic E-state index is 0.0133. The van der Waals surface area contributed by atoms with Crippen LogP contribution in [0.4, 0.5) is 0 Å². The molecule has 0 spiro atoms. The lowest BCUT2D eigenvalue weighted by molar-refractivity contribution is -0.148. The molecule has 0 aromatic rings. The summed E-state index contributed by atoms with van der Waals surface area (Å²) >= 11 is 0. The van der Waals surface area contributed by atoms with Crippen molar-refractivity contribution in [2.24, 2.45) is 5.92 Å². The van der Waals surface area contributed by atoms with E-state index in [4.69, 9.17) is 0 Å². The van der Waals surface area contributed by atoms with E-state index in [9.17, 15) is 9.59 Å². The van der Waals surface area contributed by atoms with Gasteiger partial charge in [-0.05, 0) is 12.8 Å². The standard InChI is InChI=1S/C9H15NO3/c1-7(11)10-5-3-8(4-6-10)9(12)13-2/h8H,3-6H2,1-2H3.